The molecule has 1 atom stereocenters. The minimum absolute atomic E-state index is 0. The van der Waals surface area contributed by atoms with Gasteiger partial charge in [0, 0.05) is 11.6 Å². The van der Waals surface area contributed by atoms with Crippen LogP contribution in [0.5, 0.6) is 5.75 Å². The van der Waals surface area contributed by atoms with Gasteiger partial charge in [0.25, 0.3) is 0 Å². The van der Waals surface area contributed by atoms with Crippen LogP contribution in [0.1, 0.15) is 17.2 Å². The first-order valence-corrected chi connectivity index (χ1v) is 5.93. The summed E-state index contributed by atoms with van der Waals surface area (Å²) in [5.74, 6) is -4.22. The van der Waals surface area contributed by atoms with Crippen LogP contribution in [0.2, 0.25) is 0 Å². The average molecular weight is 358 g/mol. The summed E-state index contributed by atoms with van der Waals surface area (Å²) in [5, 5.41) is 0. The van der Waals surface area contributed by atoms with Gasteiger partial charge in [-0.1, -0.05) is 12.1 Å². The van der Waals surface area contributed by atoms with Crippen molar-refractivity contribution in [2.45, 2.75) is 12.4 Å². The van der Waals surface area contributed by atoms with E-state index in [0.717, 1.165) is 30.3 Å². The van der Waals surface area contributed by atoms with Crippen molar-refractivity contribution in [2.75, 3.05) is 0 Å². The van der Waals surface area contributed by atoms with Crippen molar-refractivity contribution in [3.05, 3.63) is 65.0 Å². The molecule has 0 aliphatic rings. The van der Waals surface area contributed by atoms with E-state index in [1.165, 1.54) is 0 Å². The van der Waals surface area contributed by atoms with Crippen LogP contribution in [0.4, 0.5) is 26.3 Å². The molecule has 23 heavy (non-hydrogen) atoms. The largest absolute Gasteiger partial charge is 0.573 e. The molecule has 0 amide bonds. The second kappa shape index (κ2) is 7.10. The van der Waals surface area contributed by atoms with Gasteiger partial charge in [-0.3, -0.25) is 0 Å². The van der Waals surface area contributed by atoms with Crippen molar-refractivity contribution in [1.82, 2.24) is 0 Å². The van der Waals surface area contributed by atoms with E-state index in [9.17, 15) is 26.3 Å². The molecule has 0 heterocycles. The Hall–Kier alpha value is -1.93. The predicted molar refractivity (Wildman–Crippen MR) is 72.7 cm³/mol. The molecule has 2 rings (SSSR count). The standard InChI is InChI=1S/C14H9F6NO.ClH/c15-8-5-10(12(17)11(16)6-8)13(21)7-1-3-9(4-2-7)22-14(18,19)20;/h1-6,13H,21H2;1H/t13-;/m1./s1. The van der Waals surface area contributed by atoms with E-state index >= 15 is 0 Å². The van der Waals surface area contributed by atoms with Gasteiger partial charge in [-0.25, -0.2) is 13.2 Å². The molecular weight excluding hydrogens is 348 g/mol. The Morgan fingerprint density at radius 3 is 2.04 bits per heavy atom. The average Bonchev–Trinajstić information content (AvgIpc) is 2.41. The zero-order chi connectivity index (χ0) is 16.5. The molecule has 0 radical (unpaired) electrons. The molecule has 9 heteroatoms. The molecule has 0 unspecified atom stereocenters. The van der Waals surface area contributed by atoms with Gasteiger partial charge in [-0.2, -0.15) is 0 Å². The number of rotatable bonds is 3. The van der Waals surface area contributed by atoms with Crippen LogP contribution < -0.4 is 10.5 Å². The fourth-order valence-corrected chi connectivity index (χ4v) is 1.86. The monoisotopic (exact) mass is 357 g/mol. The molecule has 0 saturated heterocycles. The molecule has 2 N–H and O–H groups in total. The maximum Gasteiger partial charge on any atom is 0.573 e. The quantitative estimate of drug-likeness (QED) is 0.649. The van der Waals surface area contributed by atoms with Crippen molar-refractivity contribution in [3.63, 3.8) is 0 Å². The smallest absolute Gasteiger partial charge is 0.406 e. The first kappa shape index (κ1) is 19.1. The molecule has 0 aliphatic heterocycles. The van der Waals surface area contributed by atoms with E-state index in [4.69, 9.17) is 5.73 Å². The second-order valence-corrected chi connectivity index (χ2v) is 4.39. The highest BCUT2D eigenvalue weighted by atomic mass is 35.5. The van der Waals surface area contributed by atoms with Gasteiger partial charge in [-0.05, 0) is 23.8 Å². The molecule has 126 valence electrons. The third kappa shape index (κ3) is 4.77. The summed E-state index contributed by atoms with van der Waals surface area (Å²) in [5.41, 5.74) is 5.42. The molecule has 0 fully saturated rings. The molecule has 2 nitrogen and oxygen atoms in total. The van der Waals surface area contributed by atoms with Crippen LogP contribution >= 0.6 is 12.4 Å². The molecule has 0 spiro atoms. The highest BCUT2D eigenvalue weighted by Crippen LogP contribution is 2.28. The summed E-state index contributed by atoms with van der Waals surface area (Å²) < 4.78 is 79.7. The SMILES string of the molecule is Cl.N[C@H](c1ccc(OC(F)(F)F)cc1)c1cc(F)cc(F)c1F. The van der Waals surface area contributed by atoms with Gasteiger partial charge >= 0.3 is 6.36 Å². The summed E-state index contributed by atoms with van der Waals surface area (Å²) in [6.07, 6.45) is -4.85. The minimum atomic E-state index is -4.85. The zero-order valence-corrected chi connectivity index (χ0v) is 12.0. The topological polar surface area (TPSA) is 35.2 Å². The molecule has 2 aromatic carbocycles. The maximum absolute atomic E-state index is 13.6. The minimum Gasteiger partial charge on any atom is -0.406 e. The summed E-state index contributed by atoms with van der Waals surface area (Å²) in [6.45, 7) is 0. The summed E-state index contributed by atoms with van der Waals surface area (Å²) >= 11 is 0. The highest BCUT2D eigenvalue weighted by Gasteiger charge is 2.31. The number of benzene rings is 2. The van der Waals surface area contributed by atoms with Crippen LogP contribution in [0.15, 0.2) is 36.4 Å². The van der Waals surface area contributed by atoms with Crippen molar-refractivity contribution >= 4 is 12.4 Å². The van der Waals surface area contributed by atoms with Crippen molar-refractivity contribution in [1.29, 1.82) is 0 Å². The van der Waals surface area contributed by atoms with Crippen molar-refractivity contribution in [3.8, 4) is 5.75 Å². The third-order valence-corrected chi connectivity index (χ3v) is 2.83. The number of ether oxygens (including phenoxy) is 1. The third-order valence-electron chi connectivity index (χ3n) is 2.83. The van der Waals surface area contributed by atoms with Crippen molar-refractivity contribution < 1.29 is 31.1 Å². The van der Waals surface area contributed by atoms with E-state index in [0.29, 0.717) is 6.07 Å². The maximum atomic E-state index is 13.6. The first-order valence-electron chi connectivity index (χ1n) is 5.93. The van der Waals surface area contributed by atoms with Crippen LogP contribution in [-0.2, 0) is 0 Å². The Bertz CT molecular complexity index is 674. The predicted octanol–water partition coefficient (Wildman–Crippen LogP) is 4.47. The van der Waals surface area contributed by atoms with E-state index in [1.54, 1.807) is 0 Å². The fourth-order valence-electron chi connectivity index (χ4n) is 1.86. The van der Waals surface area contributed by atoms with Gasteiger partial charge in [0.05, 0.1) is 6.04 Å². The lowest BCUT2D eigenvalue weighted by atomic mass is 9.98. The first-order chi connectivity index (χ1) is 10.2. The molecule has 0 aromatic heterocycles. The van der Waals surface area contributed by atoms with Gasteiger partial charge < -0.3 is 10.5 Å². The highest BCUT2D eigenvalue weighted by molar-refractivity contribution is 5.85. The Kier molecular flexibility index (Phi) is 5.90. The van der Waals surface area contributed by atoms with Crippen molar-refractivity contribution in [2.24, 2.45) is 5.73 Å². The van der Waals surface area contributed by atoms with Gasteiger partial charge in [0.2, 0.25) is 0 Å². The number of alkyl halides is 3. The van der Waals surface area contributed by atoms with Crippen LogP contribution in [0, 0.1) is 17.5 Å². The molecule has 0 saturated carbocycles. The van der Waals surface area contributed by atoms with E-state index in [1.807, 2.05) is 0 Å². The number of hydrogen-bond acceptors (Lipinski definition) is 2. The van der Waals surface area contributed by atoms with Gasteiger partial charge in [0.1, 0.15) is 11.6 Å². The number of nitrogens with two attached hydrogens (primary N) is 1. The summed E-state index contributed by atoms with van der Waals surface area (Å²) in [7, 11) is 0. The second-order valence-electron chi connectivity index (χ2n) is 4.39. The van der Waals surface area contributed by atoms with E-state index < -0.39 is 41.2 Å². The number of halogens is 7. The Morgan fingerprint density at radius 2 is 1.52 bits per heavy atom. The van der Waals surface area contributed by atoms with Crippen LogP contribution in [0.25, 0.3) is 0 Å². The normalized spacial score (nSPS) is 12.5. The molecule has 0 bridgehead atoms. The lowest BCUT2D eigenvalue weighted by molar-refractivity contribution is -0.274. The van der Waals surface area contributed by atoms with Crippen LogP contribution in [-0.4, -0.2) is 6.36 Å². The number of hydrogen-bond donors (Lipinski definition) is 1. The fraction of sp³-hybridized carbons (Fsp3) is 0.143. The molecular formula is C14H10ClF6NO. The Morgan fingerprint density at radius 1 is 0.957 bits per heavy atom. The lowest BCUT2D eigenvalue weighted by Gasteiger charge is -2.15. The molecule has 2 aromatic rings. The van der Waals surface area contributed by atoms with E-state index in [-0.39, 0.29) is 18.0 Å². The van der Waals surface area contributed by atoms with E-state index in [2.05, 4.69) is 4.74 Å². The zero-order valence-electron chi connectivity index (χ0n) is 11.2. The Balaban J connectivity index is 0.00000264. The Labute approximate surface area is 133 Å². The summed E-state index contributed by atoms with van der Waals surface area (Å²) in [6, 6.07) is 4.08. The lowest BCUT2D eigenvalue weighted by Crippen LogP contribution is -2.18. The van der Waals surface area contributed by atoms with Crippen LogP contribution in [0.3, 0.4) is 0 Å². The summed E-state index contributed by atoms with van der Waals surface area (Å²) in [4.78, 5) is 0. The molecule has 0 aliphatic carbocycles. The van der Waals surface area contributed by atoms with Gasteiger partial charge in [0.15, 0.2) is 11.6 Å². The van der Waals surface area contributed by atoms with Gasteiger partial charge in [-0.15, -0.1) is 25.6 Å².